The second kappa shape index (κ2) is 3.82. The maximum absolute atomic E-state index is 9.38. The molecule has 0 spiro atoms. The molecule has 0 atom stereocenters. The van der Waals surface area contributed by atoms with Crippen LogP contribution >= 0.6 is 15.9 Å². The molecular formula is C14H10BrN3. The van der Waals surface area contributed by atoms with E-state index in [9.17, 15) is 5.26 Å². The highest BCUT2D eigenvalue weighted by molar-refractivity contribution is 9.10. The molecule has 18 heavy (non-hydrogen) atoms. The van der Waals surface area contributed by atoms with Gasteiger partial charge in [0.05, 0.1) is 11.3 Å². The van der Waals surface area contributed by atoms with Crippen LogP contribution in [0.5, 0.6) is 0 Å². The van der Waals surface area contributed by atoms with Gasteiger partial charge in [-0.05, 0) is 29.8 Å². The van der Waals surface area contributed by atoms with E-state index in [-0.39, 0.29) is 0 Å². The van der Waals surface area contributed by atoms with Gasteiger partial charge in [0, 0.05) is 16.5 Å². The molecule has 0 amide bonds. The largest absolute Gasteiger partial charge is 0.299 e. The molecule has 0 saturated carbocycles. The van der Waals surface area contributed by atoms with Crippen molar-refractivity contribution in [2.75, 3.05) is 0 Å². The molecule has 3 rings (SSSR count). The normalized spacial score (nSPS) is 11.0. The van der Waals surface area contributed by atoms with Gasteiger partial charge in [0.15, 0.2) is 0 Å². The van der Waals surface area contributed by atoms with Gasteiger partial charge in [-0.15, -0.1) is 0 Å². The van der Waals surface area contributed by atoms with Crippen LogP contribution in [0, 0.1) is 25.2 Å². The first-order valence-corrected chi connectivity index (χ1v) is 6.40. The third kappa shape index (κ3) is 1.31. The molecule has 2 aromatic heterocycles. The lowest BCUT2D eigenvalue weighted by Crippen LogP contribution is -1.99. The molecule has 0 unspecified atom stereocenters. The number of aromatic nitrogens is 2. The van der Waals surface area contributed by atoms with Crippen molar-refractivity contribution in [3.05, 3.63) is 45.8 Å². The summed E-state index contributed by atoms with van der Waals surface area (Å²) in [4.78, 5) is 4.55. The highest BCUT2D eigenvalue weighted by atomic mass is 79.9. The number of pyridine rings is 1. The average molecular weight is 300 g/mol. The van der Waals surface area contributed by atoms with E-state index < -0.39 is 0 Å². The number of nitriles is 1. The highest BCUT2D eigenvalue weighted by Gasteiger charge is 2.15. The van der Waals surface area contributed by atoms with Crippen LogP contribution in [0.3, 0.4) is 0 Å². The third-order valence-electron chi connectivity index (χ3n) is 3.30. The van der Waals surface area contributed by atoms with Crippen LogP contribution in [0.1, 0.15) is 17.0 Å². The zero-order valence-corrected chi connectivity index (χ0v) is 11.6. The molecule has 1 aromatic carbocycles. The number of nitrogens with zero attached hydrogens (tertiary/aromatic N) is 3. The van der Waals surface area contributed by atoms with Crippen molar-refractivity contribution in [3.63, 3.8) is 0 Å². The lowest BCUT2D eigenvalue weighted by molar-refractivity contribution is 1.04. The Hall–Kier alpha value is -1.86. The summed E-state index contributed by atoms with van der Waals surface area (Å²) in [6.07, 6.45) is 0. The van der Waals surface area contributed by atoms with Crippen LogP contribution < -0.4 is 0 Å². The number of halogens is 1. The first kappa shape index (κ1) is 11.2. The first-order chi connectivity index (χ1) is 8.65. The number of benzene rings is 1. The van der Waals surface area contributed by atoms with E-state index in [4.69, 9.17) is 0 Å². The molecule has 0 aliphatic rings. The Morgan fingerprint density at radius 2 is 1.83 bits per heavy atom. The van der Waals surface area contributed by atoms with Gasteiger partial charge in [0.1, 0.15) is 16.3 Å². The van der Waals surface area contributed by atoms with E-state index in [1.165, 1.54) is 0 Å². The van der Waals surface area contributed by atoms with Gasteiger partial charge in [-0.1, -0.05) is 24.3 Å². The second-order valence-corrected chi connectivity index (χ2v) is 5.02. The Morgan fingerprint density at radius 1 is 1.17 bits per heavy atom. The predicted molar refractivity (Wildman–Crippen MR) is 74.6 cm³/mol. The summed E-state index contributed by atoms with van der Waals surface area (Å²) >= 11 is 3.46. The lowest BCUT2D eigenvalue weighted by Gasteiger charge is -2.09. The lowest BCUT2D eigenvalue weighted by atomic mass is 10.1. The van der Waals surface area contributed by atoms with Crippen LogP contribution in [-0.2, 0) is 0 Å². The highest BCUT2D eigenvalue weighted by Crippen LogP contribution is 2.29. The van der Waals surface area contributed by atoms with Crippen LogP contribution in [0.15, 0.2) is 28.9 Å². The Balaban J connectivity index is 2.72. The predicted octanol–water partition coefficient (Wildman–Crippen LogP) is 3.74. The van der Waals surface area contributed by atoms with E-state index in [1.54, 1.807) is 0 Å². The van der Waals surface area contributed by atoms with Gasteiger partial charge in [-0.2, -0.15) is 5.26 Å². The van der Waals surface area contributed by atoms with Crippen molar-refractivity contribution in [1.82, 2.24) is 9.38 Å². The number of hydrogen-bond acceptors (Lipinski definition) is 2. The molecule has 0 bridgehead atoms. The summed E-state index contributed by atoms with van der Waals surface area (Å²) in [6, 6.07) is 10.2. The van der Waals surface area contributed by atoms with Gasteiger partial charge >= 0.3 is 0 Å². The van der Waals surface area contributed by atoms with E-state index in [1.807, 2.05) is 42.5 Å². The standard InChI is InChI=1S/C14H10BrN3/c1-8-12(7-16)10-5-3-4-6-11(10)14-17-13(15)9(2)18(8)14/h3-6H,1-2H3. The van der Waals surface area contributed by atoms with Crippen molar-refractivity contribution in [2.45, 2.75) is 13.8 Å². The van der Waals surface area contributed by atoms with Crippen molar-refractivity contribution < 1.29 is 0 Å². The second-order valence-electron chi connectivity index (χ2n) is 4.26. The molecule has 88 valence electrons. The molecule has 0 aliphatic carbocycles. The first-order valence-electron chi connectivity index (χ1n) is 5.61. The van der Waals surface area contributed by atoms with E-state index in [0.29, 0.717) is 5.56 Å². The SMILES string of the molecule is Cc1c(Br)nc2c3ccccc3c(C#N)c(C)n12. The molecular weight excluding hydrogens is 290 g/mol. The van der Waals surface area contributed by atoms with Gasteiger partial charge in [0.2, 0.25) is 0 Å². The average Bonchev–Trinajstić information content (AvgIpc) is 2.67. The molecule has 3 aromatic rings. The minimum atomic E-state index is 0.714. The summed E-state index contributed by atoms with van der Waals surface area (Å²) in [5, 5.41) is 11.3. The van der Waals surface area contributed by atoms with E-state index in [0.717, 1.165) is 32.4 Å². The van der Waals surface area contributed by atoms with Crippen molar-refractivity contribution in [3.8, 4) is 6.07 Å². The Kier molecular flexibility index (Phi) is 2.39. The summed E-state index contributed by atoms with van der Waals surface area (Å²) in [6.45, 7) is 3.95. The number of hydrogen-bond donors (Lipinski definition) is 0. The van der Waals surface area contributed by atoms with Gasteiger partial charge < -0.3 is 0 Å². The zero-order chi connectivity index (χ0) is 12.9. The quantitative estimate of drug-likeness (QED) is 0.634. The third-order valence-corrected chi connectivity index (χ3v) is 4.05. The minimum absolute atomic E-state index is 0.714. The molecule has 0 N–H and O–H groups in total. The van der Waals surface area contributed by atoms with E-state index >= 15 is 0 Å². The maximum Gasteiger partial charge on any atom is 0.146 e. The molecule has 2 heterocycles. The van der Waals surface area contributed by atoms with Crippen LogP contribution in [0.4, 0.5) is 0 Å². The van der Waals surface area contributed by atoms with Gasteiger partial charge in [-0.25, -0.2) is 4.98 Å². The monoisotopic (exact) mass is 299 g/mol. The van der Waals surface area contributed by atoms with Crippen LogP contribution in [-0.4, -0.2) is 9.38 Å². The topological polar surface area (TPSA) is 41.1 Å². The zero-order valence-electron chi connectivity index (χ0n) is 10.0. The molecule has 0 fully saturated rings. The fourth-order valence-corrected chi connectivity index (χ4v) is 2.76. The Labute approximate surface area is 113 Å². The minimum Gasteiger partial charge on any atom is -0.299 e. The van der Waals surface area contributed by atoms with E-state index in [2.05, 4.69) is 27.0 Å². The summed E-state index contributed by atoms with van der Waals surface area (Å²) < 4.78 is 2.86. The maximum atomic E-state index is 9.38. The van der Waals surface area contributed by atoms with Gasteiger partial charge in [-0.3, -0.25) is 4.40 Å². The molecule has 0 radical (unpaired) electrons. The molecule has 4 heteroatoms. The fraction of sp³-hybridized carbons (Fsp3) is 0.143. The number of fused-ring (bicyclic) bond motifs is 3. The van der Waals surface area contributed by atoms with Crippen molar-refractivity contribution >= 4 is 32.3 Å². The smallest absolute Gasteiger partial charge is 0.146 e. The molecule has 0 aliphatic heterocycles. The Morgan fingerprint density at radius 3 is 2.50 bits per heavy atom. The van der Waals surface area contributed by atoms with Gasteiger partial charge in [0.25, 0.3) is 0 Å². The number of aryl methyl sites for hydroxylation is 2. The van der Waals surface area contributed by atoms with Crippen LogP contribution in [0.25, 0.3) is 16.4 Å². The molecule has 0 saturated heterocycles. The fourth-order valence-electron chi connectivity index (χ4n) is 2.41. The van der Waals surface area contributed by atoms with Crippen molar-refractivity contribution in [2.24, 2.45) is 0 Å². The van der Waals surface area contributed by atoms with Crippen LogP contribution in [0.2, 0.25) is 0 Å². The summed E-state index contributed by atoms with van der Waals surface area (Å²) in [7, 11) is 0. The number of rotatable bonds is 0. The molecule has 3 nitrogen and oxygen atoms in total. The summed E-state index contributed by atoms with van der Waals surface area (Å²) in [5.41, 5.74) is 3.56. The number of imidazole rings is 1. The summed E-state index contributed by atoms with van der Waals surface area (Å²) in [5.74, 6) is 0. The Bertz CT molecular complexity index is 825. The van der Waals surface area contributed by atoms with Crippen molar-refractivity contribution in [1.29, 1.82) is 5.26 Å².